The zero-order chi connectivity index (χ0) is 15.2. The minimum absolute atomic E-state index is 0.243. The monoisotopic (exact) mass is 289 g/mol. The van der Waals surface area contributed by atoms with Crippen LogP contribution in [0.4, 0.5) is 4.39 Å². The first-order valence-electron chi connectivity index (χ1n) is 6.88. The minimum atomic E-state index is -0.702. The number of ether oxygens (including phenoxy) is 1. The van der Waals surface area contributed by atoms with Crippen LogP contribution in [0.3, 0.4) is 0 Å². The zero-order valence-corrected chi connectivity index (χ0v) is 12.3. The van der Waals surface area contributed by atoms with E-state index < -0.39 is 6.10 Å². The molecule has 0 fully saturated rings. The fraction of sp³-hybridized carbons (Fsp3) is 0.294. The SMILES string of the molecule is COc1ccc(C)cc1C(O)CNCc1ccccc1F. The van der Waals surface area contributed by atoms with Crippen LogP contribution in [0.1, 0.15) is 22.8 Å². The summed E-state index contributed by atoms with van der Waals surface area (Å²) >= 11 is 0. The van der Waals surface area contributed by atoms with Crippen molar-refractivity contribution < 1.29 is 14.2 Å². The molecule has 1 atom stereocenters. The van der Waals surface area contributed by atoms with Crippen LogP contribution in [0.5, 0.6) is 5.75 Å². The molecule has 21 heavy (non-hydrogen) atoms. The van der Waals surface area contributed by atoms with Gasteiger partial charge in [-0.1, -0.05) is 29.8 Å². The predicted molar refractivity (Wildman–Crippen MR) is 80.8 cm³/mol. The lowest BCUT2D eigenvalue weighted by Gasteiger charge is -2.16. The molecule has 0 saturated carbocycles. The van der Waals surface area contributed by atoms with Crippen molar-refractivity contribution >= 4 is 0 Å². The first kappa shape index (κ1) is 15.5. The summed E-state index contributed by atoms with van der Waals surface area (Å²) in [5.41, 5.74) is 2.37. The summed E-state index contributed by atoms with van der Waals surface area (Å²) in [6, 6.07) is 12.3. The van der Waals surface area contributed by atoms with Crippen molar-refractivity contribution in [3.63, 3.8) is 0 Å². The molecule has 0 bridgehead atoms. The highest BCUT2D eigenvalue weighted by Gasteiger charge is 2.13. The Morgan fingerprint density at radius 3 is 2.71 bits per heavy atom. The average molecular weight is 289 g/mol. The van der Waals surface area contributed by atoms with Gasteiger partial charge in [0.15, 0.2) is 0 Å². The van der Waals surface area contributed by atoms with Gasteiger partial charge in [0.25, 0.3) is 0 Å². The largest absolute Gasteiger partial charge is 0.496 e. The Morgan fingerprint density at radius 1 is 1.24 bits per heavy atom. The normalized spacial score (nSPS) is 12.2. The van der Waals surface area contributed by atoms with Crippen molar-refractivity contribution in [2.45, 2.75) is 19.6 Å². The molecule has 0 spiro atoms. The van der Waals surface area contributed by atoms with Crippen LogP contribution in [0.15, 0.2) is 42.5 Å². The summed E-state index contributed by atoms with van der Waals surface area (Å²) in [5.74, 6) is 0.411. The van der Waals surface area contributed by atoms with E-state index in [-0.39, 0.29) is 5.82 Å². The molecule has 0 heterocycles. The van der Waals surface area contributed by atoms with Crippen LogP contribution < -0.4 is 10.1 Å². The van der Waals surface area contributed by atoms with Crippen LogP contribution in [0.2, 0.25) is 0 Å². The highest BCUT2D eigenvalue weighted by molar-refractivity contribution is 5.38. The molecule has 0 radical (unpaired) electrons. The number of benzene rings is 2. The number of rotatable bonds is 6. The van der Waals surface area contributed by atoms with E-state index in [2.05, 4.69) is 5.32 Å². The molecule has 2 aromatic carbocycles. The number of hydrogen-bond acceptors (Lipinski definition) is 3. The Bertz CT molecular complexity index is 601. The third kappa shape index (κ3) is 4.03. The van der Waals surface area contributed by atoms with E-state index in [4.69, 9.17) is 4.74 Å². The smallest absolute Gasteiger partial charge is 0.127 e. The highest BCUT2D eigenvalue weighted by atomic mass is 19.1. The standard InChI is InChI=1S/C17H20FNO2/c1-12-7-8-17(21-2)14(9-12)16(20)11-19-10-13-5-3-4-6-15(13)18/h3-9,16,19-20H,10-11H2,1-2H3. The average Bonchev–Trinajstić information content (AvgIpc) is 2.49. The predicted octanol–water partition coefficient (Wildman–Crippen LogP) is 2.97. The van der Waals surface area contributed by atoms with E-state index >= 15 is 0 Å². The summed E-state index contributed by atoms with van der Waals surface area (Å²) in [6.45, 7) is 2.66. The fourth-order valence-electron chi connectivity index (χ4n) is 2.21. The van der Waals surface area contributed by atoms with Crippen molar-refractivity contribution in [1.29, 1.82) is 0 Å². The van der Waals surface area contributed by atoms with Gasteiger partial charge in [0.1, 0.15) is 11.6 Å². The summed E-state index contributed by atoms with van der Waals surface area (Å²) in [4.78, 5) is 0. The van der Waals surface area contributed by atoms with Crippen molar-refractivity contribution in [1.82, 2.24) is 5.32 Å². The van der Waals surface area contributed by atoms with Gasteiger partial charge in [-0.05, 0) is 25.1 Å². The Kier molecular flexibility index (Phi) is 5.31. The van der Waals surface area contributed by atoms with Crippen LogP contribution in [-0.4, -0.2) is 18.8 Å². The second-order valence-corrected chi connectivity index (χ2v) is 4.98. The van der Waals surface area contributed by atoms with Crippen LogP contribution in [0.25, 0.3) is 0 Å². The van der Waals surface area contributed by atoms with Gasteiger partial charge in [0.2, 0.25) is 0 Å². The molecule has 2 N–H and O–H groups in total. The summed E-state index contributed by atoms with van der Waals surface area (Å²) < 4.78 is 18.7. The highest BCUT2D eigenvalue weighted by Crippen LogP contribution is 2.25. The van der Waals surface area contributed by atoms with E-state index in [1.165, 1.54) is 6.07 Å². The summed E-state index contributed by atoms with van der Waals surface area (Å²) in [7, 11) is 1.58. The lowest BCUT2D eigenvalue weighted by Crippen LogP contribution is -2.22. The van der Waals surface area contributed by atoms with Gasteiger partial charge in [0, 0.05) is 24.2 Å². The number of aliphatic hydroxyl groups is 1. The van der Waals surface area contributed by atoms with Crippen molar-refractivity contribution in [3.8, 4) is 5.75 Å². The van der Waals surface area contributed by atoms with E-state index in [1.54, 1.807) is 25.3 Å². The molecule has 4 heteroatoms. The lowest BCUT2D eigenvalue weighted by molar-refractivity contribution is 0.170. The summed E-state index contributed by atoms with van der Waals surface area (Å²) in [6.07, 6.45) is -0.702. The van der Waals surface area contributed by atoms with Crippen LogP contribution in [0, 0.1) is 12.7 Å². The maximum atomic E-state index is 13.5. The van der Waals surface area contributed by atoms with E-state index in [9.17, 15) is 9.50 Å². The Hall–Kier alpha value is -1.91. The van der Waals surface area contributed by atoms with Crippen molar-refractivity contribution in [3.05, 3.63) is 65.0 Å². The molecule has 0 aromatic heterocycles. The van der Waals surface area contributed by atoms with Crippen LogP contribution >= 0.6 is 0 Å². The lowest BCUT2D eigenvalue weighted by atomic mass is 10.0. The van der Waals surface area contributed by atoms with Gasteiger partial charge in [-0.3, -0.25) is 0 Å². The van der Waals surface area contributed by atoms with E-state index in [0.29, 0.717) is 24.4 Å². The maximum absolute atomic E-state index is 13.5. The Labute approximate surface area is 124 Å². The van der Waals surface area contributed by atoms with Gasteiger partial charge in [-0.2, -0.15) is 0 Å². The molecular formula is C17H20FNO2. The second-order valence-electron chi connectivity index (χ2n) is 4.98. The molecule has 0 aliphatic heterocycles. The molecule has 0 saturated heterocycles. The third-order valence-electron chi connectivity index (χ3n) is 3.36. The molecule has 2 rings (SSSR count). The van der Waals surface area contributed by atoms with Crippen molar-refractivity contribution in [2.24, 2.45) is 0 Å². The number of aryl methyl sites for hydroxylation is 1. The third-order valence-corrected chi connectivity index (χ3v) is 3.36. The molecule has 0 aliphatic rings. The molecule has 1 unspecified atom stereocenters. The first-order valence-corrected chi connectivity index (χ1v) is 6.88. The Morgan fingerprint density at radius 2 is 2.00 bits per heavy atom. The number of nitrogens with one attached hydrogen (secondary N) is 1. The van der Waals surface area contributed by atoms with Gasteiger partial charge in [-0.25, -0.2) is 4.39 Å². The fourth-order valence-corrected chi connectivity index (χ4v) is 2.21. The first-order chi connectivity index (χ1) is 10.1. The summed E-state index contributed by atoms with van der Waals surface area (Å²) in [5, 5.41) is 13.3. The van der Waals surface area contributed by atoms with Crippen LogP contribution in [-0.2, 0) is 6.54 Å². The van der Waals surface area contributed by atoms with E-state index in [0.717, 1.165) is 11.1 Å². The molecule has 2 aromatic rings. The number of halogens is 1. The molecule has 112 valence electrons. The number of aliphatic hydroxyl groups excluding tert-OH is 1. The zero-order valence-electron chi connectivity index (χ0n) is 12.3. The number of hydrogen-bond donors (Lipinski definition) is 2. The van der Waals surface area contributed by atoms with E-state index in [1.807, 2.05) is 25.1 Å². The maximum Gasteiger partial charge on any atom is 0.127 e. The minimum Gasteiger partial charge on any atom is -0.496 e. The second kappa shape index (κ2) is 7.20. The molecular weight excluding hydrogens is 269 g/mol. The van der Waals surface area contributed by atoms with Gasteiger partial charge in [-0.15, -0.1) is 0 Å². The molecule has 3 nitrogen and oxygen atoms in total. The van der Waals surface area contributed by atoms with Gasteiger partial charge in [0.05, 0.1) is 13.2 Å². The van der Waals surface area contributed by atoms with Crippen molar-refractivity contribution in [2.75, 3.05) is 13.7 Å². The number of methoxy groups -OCH3 is 1. The topological polar surface area (TPSA) is 41.5 Å². The quantitative estimate of drug-likeness (QED) is 0.859. The molecule has 0 aliphatic carbocycles. The van der Waals surface area contributed by atoms with Gasteiger partial charge < -0.3 is 15.2 Å². The van der Waals surface area contributed by atoms with Gasteiger partial charge >= 0.3 is 0 Å². The molecule has 0 amide bonds. The Balaban J connectivity index is 1.97.